The van der Waals surface area contributed by atoms with E-state index >= 15 is 0 Å². The van der Waals surface area contributed by atoms with Gasteiger partial charge in [0.05, 0.1) is 7.11 Å². The van der Waals surface area contributed by atoms with Gasteiger partial charge in [-0.15, -0.1) is 0 Å². The minimum Gasteiger partial charge on any atom is -0.493 e. The maximum absolute atomic E-state index is 12.1. The summed E-state index contributed by atoms with van der Waals surface area (Å²) in [6.45, 7) is 7.18. The van der Waals surface area contributed by atoms with Crippen molar-refractivity contribution in [3.8, 4) is 11.5 Å². The number of amides is 1. The molecule has 0 aliphatic heterocycles. The Labute approximate surface area is 138 Å². The molecule has 128 valence electrons. The van der Waals surface area contributed by atoms with Crippen LogP contribution in [-0.4, -0.2) is 43.4 Å². The monoisotopic (exact) mass is 321 g/mol. The first kappa shape index (κ1) is 19.0. The molecule has 1 aromatic rings. The lowest BCUT2D eigenvalue weighted by Crippen LogP contribution is -2.34. The number of nitrogens with zero attached hydrogens (tertiary/aromatic N) is 1. The zero-order chi connectivity index (χ0) is 17.2. The number of benzene rings is 1. The smallest absolute Gasteiger partial charge is 0.260 e. The summed E-state index contributed by atoms with van der Waals surface area (Å²) in [5.41, 5.74) is 0.609. The normalized spacial score (nSPS) is 10.3. The highest BCUT2D eigenvalue weighted by molar-refractivity contribution is 5.96. The second kappa shape index (κ2) is 9.87. The van der Waals surface area contributed by atoms with Crippen molar-refractivity contribution in [3.05, 3.63) is 23.8 Å². The molecule has 0 radical (unpaired) electrons. The van der Waals surface area contributed by atoms with Gasteiger partial charge in [-0.3, -0.25) is 9.59 Å². The molecule has 5 nitrogen and oxygen atoms in total. The van der Waals surface area contributed by atoms with E-state index in [4.69, 9.17) is 9.47 Å². The molecule has 0 heterocycles. The van der Waals surface area contributed by atoms with Crippen LogP contribution in [0.2, 0.25) is 0 Å². The molecular weight excluding hydrogens is 294 g/mol. The summed E-state index contributed by atoms with van der Waals surface area (Å²) in [5.74, 6) is 0.968. The second-order valence-electron chi connectivity index (χ2n) is 5.25. The topological polar surface area (TPSA) is 55.8 Å². The van der Waals surface area contributed by atoms with E-state index in [1.165, 1.54) is 7.11 Å². The van der Waals surface area contributed by atoms with Gasteiger partial charge in [-0.2, -0.15) is 0 Å². The minimum atomic E-state index is -0.0693. The molecule has 0 fully saturated rings. The van der Waals surface area contributed by atoms with E-state index in [-0.39, 0.29) is 18.3 Å². The van der Waals surface area contributed by atoms with Crippen LogP contribution in [-0.2, 0) is 4.79 Å². The Morgan fingerprint density at radius 1 is 1.09 bits per heavy atom. The van der Waals surface area contributed by atoms with Crippen LogP contribution in [0.3, 0.4) is 0 Å². The Morgan fingerprint density at radius 2 is 1.78 bits per heavy atom. The maximum atomic E-state index is 12.1. The van der Waals surface area contributed by atoms with Crippen LogP contribution in [0.25, 0.3) is 0 Å². The van der Waals surface area contributed by atoms with E-state index < -0.39 is 0 Å². The number of methoxy groups -OCH3 is 1. The van der Waals surface area contributed by atoms with Crippen LogP contribution < -0.4 is 9.47 Å². The average molecular weight is 321 g/mol. The SMILES string of the molecule is CCCCC(=O)c1ccc(OCC(=O)N(CC)CC)c(OC)c1. The number of carbonyl (C=O) groups is 2. The summed E-state index contributed by atoms with van der Waals surface area (Å²) in [4.78, 5) is 25.7. The first-order chi connectivity index (χ1) is 11.1. The summed E-state index contributed by atoms with van der Waals surface area (Å²) >= 11 is 0. The highest BCUT2D eigenvalue weighted by atomic mass is 16.5. The van der Waals surface area contributed by atoms with Crippen molar-refractivity contribution in [1.82, 2.24) is 4.90 Å². The fourth-order valence-electron chi connectivity index (χ4n) is 2.25. The highest BCUT2D eigenvalue weighted by Crippen LogP contribution is 2.28. The fraction of sp³-hybridized carbons (Fsp3) is 0.556. The summed E-state index contributed by atoms with van der Waals surface area (Å²) in [7, 11) is 1.52. The largest absolute Gasteiger partial charge is 0.493 e. The second-order valence-corrected chi connectivity index (χ2v) is 5.25. The molecule has 0 atom stereocenters. The third kappa shape index (κ3) is 5.58. The lowest BCUT2D eigenvalue weighted by molar-refractivity contribution is -0.132. The molecule has 1 rings (SSSR count). The molecule has 0 unspecified atom stereocenters. The van der Waals surface area contributed by atoms with Crippen LogP contribution in [0.1, 0.15) is 50.4 Å². The highest BCUT2D eigenvalue weighted by Gasteiger charge is 2.14. The van der Waals surface area contributed by atoms with Gasteiger partial charge in [0, 0.05) is 25.1 Å². The molecule has 0 saturated heterocycles. The maximum Gasteiger partial charge on any atom is 0.260 e. The Hall–Kier alpha value is -2.04. The molecule has 1 aromatic carbocycles. The van der Waals surface area contributed by atoms with Crippen LogP contribution >= 0.6 is 0 Å². The first-order valence-corrected chi connectivity index (χ1v) is 8.19. The molecule has 1 amide bonds. The van der Waals surface area contributed by atoms with Gasteiger partial charge in [0.2, 0.25) is 0 Å². The first-order valence-electron chi connectivity index (χ1n) is 8.19. The van der Waals surface area contributed by atoms with Crippen LogP contribution in [0, 0.1) is 0 Å². The van der Waals surface area contributed by atoms with E-state index in [9.17, 15) is 9.59 Å². The molecule has 0 bridgehead atoms. The van der Waals surface area contributed by atoms with Gasteiger partial charge in [-0.25, -0.2) is 0 Å². The van der Waals surface area contributed by atoms with Crippen LogP contribution in [0.5, 0.6) is 11.5 Å². The third-order valence-electron chi connectivity index (χ3n) is 3.71. The quantitative estimate of drug-likeness (QED) is 0.620. The predicted octanol–water partition coefficient (Wildman–Crippen LogP) is 3.32. The number of ether oxygens (including phenoxy) is 2. The number of Topliss-reactive ketones (excluding diaryl/α,β-unsaturated/α-hetero) is 1. The van der Waals surface area contributed by atoms with Gasteiger partial charge >= 0.3 is 0 Å². The van der Waals surface area contributed by atoms with Crippen molar-refractivity contribution in [2.45, 2.75) is 40.0 Å². The summed E-state index contributed by atoms with van der Waals surface area (Å²) in [6.07, 6.45) is 2.38. The van der Waals surface area contributed by atoms with E-state index in [1.54, 1.807) is 23.1 Å². The minimum absolute atomic E-state index is 0.0405. The van der Waals surface area contributed by atoms with Crippen molar-refractivity contribution in [2.24, 2.45) is 0 Å². The number of unbranched alkanes of at least 4 members (excludes halogenated alkanes) is 1. The van der Waals surface area contributed by atoms with Crippen LogP contribution in [0.15, 0.2) is 18.2 Å². The predicted molar refractivity (Wildman–Crippen MR) is 90.3 cm³/mol. The van der Waals surface area contributed by atoms with Crippen molar-refractivity contribution in [2.75, 3.05) is 26.8 Å². The van der Waals surface area contributed by atoms with Gasteiger partial charge < -0.3 is 14.4 Å². The molecule has 0 aliphatic carbocycles. The number of likely N-dealkylation sites (N-methyl/N-ethyl adjacent to an activating group) is 1. The molecule has 0 spiro atoms. The standard InChI is InChI=1S/C18H27NO4/c1-5-8-9-15(20)14-10-11-16(17(12-14)22-4)23-13-18(21)19(6-2)7-3/h10-12H,5-9,13H2,1-4H3. The molecule has 0 aliphatic rings. The molecule has 23 heavy (non-hydrogen) atoms. The van der Waals surface area contributed by atoms with Crippen molar-refractivity contribution >= 4 is 11.7 Å². The lowest BCUT2D eigenvalue weighted by atomic mass is 10.1. The number of rotatable bonds is 10. The van der Waals surface area contributed by atoms with Crippen LogP contribution in [0.4, 0.5) is 0 Å². The van der Waals surface area contributed by atoms with Gasteiger partial charge in [-0.05, 0) is 38.5 Å². The average Bonchev–Trinajstić information content (AvgIpc) is 2.58. The van der Waals surface area contributed by atoms with Crippen molar-refractivity contribution < 1.29 is 19.1 Å². The van der Waals surface area contributed by atoms with Gasteiger partial charge in [0.1, 0.15) is 0 Å². The molecule has 0 saturated carbocycles. The number of ketones is 1. The number of carbonyl (C=O) groups excluding carboxylic acids is 2. The zero-order valence-electron chi connectivity index (χ0n) is 14.6. The Kier molecular flexibility index (Phi) is 8.16. The summed E-state index contributed by atoms with van der Waals surface area (Å²) < 4.78 is 10.8. The van der Waals surface area contributed by atoms with Gasteiger partial charge in [-0.1, -0.05) is 13.3 Å². The molecular formula is C18H27NO4. The van der Waals surface area contributed by atoms with Gasteiger partial charge in [0.15, 0.2) is 23.9 Å². The van der Waals surface area contributed by atoms with E-state index in [0.29, 0.717) is 36.6 Å². The number of hydrogen-bond acceptors (Lipinski definition) is 4. The van der Waals surface area contributed by atoms with Gasteiger partial charge in [0.25, 0.3) is 5.91 Å². The lowest BCUT2D eigenvalue weighted by Gasteiger charge is -2.19. The van der Waals surface area contributed by atoms with E-state index in [0.717, 1.165) is 12.8 Å². The Balaban J connectivity index is 2.76. The van der Waals surface area contributed by atoms with Crippen molar-refractivity contribution in [1.29, 1.82) is 0 Å². The summed E-state index contributed by atoms with van der Waals surface area (Å²) in [5, 5.41) is 0. The van der Waals surface area contributed by atoms with Crippen molar-refractivity contribution in [3.63, 3.8) is 0 Å². The third-order valence-corrected chi connectivity index (χ3v) is 3.71. The number of hydrogen-bond donors (Lipinski definition) is 0. The molecule has 0 N–H and O–H groups in total. The fourth-order valence-corrected chi connectivity index (χ4v) is 2.25. The zero-order valence-corrected chi connectivity index (χ0v) is 14.6. The van der Waals surface area contributed by atoms with E-state index in [2.05, 4.69) is 6.92 Å². The Bertz CT molecular complexity index is 524. The molecule has 5 heteroatoms. The van der Waals surface area contributed by atoms with E-state index in [1.807, 2.05) is 13.8 Å². The summed E-state index contributed by atoms with van der Waals surface area (Å²) in [6, 6.07) is 5.08. The Morgan fingerprint density at radius 3 is 2.35 bits per heavy atom. The molecule has 0 aromatic heterocycles.